The van der Waals surface area contributed by atoms with E-state index in [0.29, 0.717) is 11.3 Å². The van der Waals surface area contributed by atoms with Crippen molar-refractivity contribution < 1.29 is 14.4 Å². The highest BCUT2D eigenvalue weighted by Gasteiger charge is 2.59. The zero-order chi connectivity index (χ0) is 17.9. The van der Waals surface area contributed by atoms with E-state index in [2.05, 4.69) is 17.5 Å². The standard InChI is InChI=1S/C20H22N2O3/c1-20(2,3)21-17(23)11-6-8-14(9-7-11)22-18(24)15-12-4-5-13(10-12)16(15)19(22)25/h4-9,12-13,15-16H,10H2,1-3H3,(H,21,23). The Bertz CT molecular complexity index is 758. The van der Waals surface area contributed by atoms with Crippen LogP contribution < -0.4 is 10.2 Å². The molecule has 1 aliphatic heterocycles. The fourth-order valence-electron chi connectivity index (χ4n) is 4.33. The third-order valence-corrected chi connectivity index (χ3v) is 5.35. The largest absolute Gasteiger partial charge is 0.347 e. The number of rotatable bonds is 2. The first kappa shape index (κ1) is 16.1. The average Bonchev–Trinajstić information content (AvgIpc) is 3.20. The van der Waals surface area contributed by atoms with Gasteiger partial charge in [0.1, 0.15) is 0 Å². The summed E-state index contributed by atoms with van der Waals surface area (Å²) >= 11 is 0. The van der Waals surface area contributed by atoms with Gasteiger partial charge in [0.2, 0.25) is 11.8 Å². The van der Waals surface area contributed by atoms with Gasteiger partial charge in [0.25, 0.3) is 5.91 Å². The summed E-state index contributed by atoms with van der Waals surface area (Å²) in [6.45, 7) is 5.76. The van der Waals surface area contributed by atoms with Crippen molar-refractivity contribution >= 4 is 23.4 Å². The molecule has 4 rings (SSSR count). The molecule has 2 aliphatic carbocycles. The summed E-state index contributed by atoms with van der Waals surface area (Å²) in [5, 5.41) is 2.90. The Labute approximate surface area is 147 Å². The second-order valence-corrected chi connectivity index (χ2v) is 8.26. The molecule has 0 aromatic heterocycles. The first-order chi connectivity index (χ1) is 11.8. The van der Waals surface area contributed by atoms with Crippen LogP contribution in [0.4, 0.5) is 5.69 Å². The van der Waals surface area contributed by atoms with E-state index in [1.165, 1.54) is 4.90 Å². The normalized spacial score (nSPS) is 30.1. The molecule has 0 radical (unpaired) electrons. The highest BCUT2D eigenvalue weighted by Crippen LogP contribution is 2.53. The molecule has 3 aliphatic rings. The van der Waals surface area contributed by atoms with E-state index in [1.54, 1.807) is 24.3 Å². The van der Waals surface area contributed by atoms with E-state index in [-0.39, 0.29) is 46.9 Å². The van der Waals surface area contributed by atoms with Crippen molar-refractivity contribution in [1.29, 1.82) is 0 Å². The summed E-state index contributed by atoms with van der Waals surface area (Å²) in [7, 11) is 0. The number of fused-ring (bicyclic) bond motifs is 5. The lowest BCUT2D eigenvalue weighted by Crippen LogP contribution is -2.40. The van der Waals surface area contributed by atoms with Gasteiger partial charge in [-0.25, -0.2) is 0 Å². The molecular formula is C20H22N2O3. The number of carbonyl (C=O) groups is 3. The SMILES string of the molecule is CC(C)(C)NC(=O)c1ccc(N2C(=O)C3C4C=CC(C4)C3C2=O)cc1. The topological polar surface area (TPSA) is 66.5 Å². The molecule has 25 heavy (non-hydrogen) atoms. The van der Waals surface area contributed by atoms with Crippen molar-refractivity contribution in [3.8, 4) is 0 Å². The van der Waals surface area contributed by atoms with E-state index < -0.39 is 0 Å². The summed E-state index contributed by atoms with van der Waals surface area (Å²) < 4.78 is 0. The van der Waals surface area contributed by atoms with Crippen molar-refractivity contribution in [3.05, 3.63) is 42.0 Å². The predicted octanol–water partition coefficient (Wildman–Crippen LogP) is 2.53. The Morgan fingerprint density at radius 3 is 2.00 bits per heavy atom. The minimum Gasteiger partial charge on any atom is -0.347 e. The van der Waals surface area contributed by atoms with Crippen LogP contribution >= 0.6 is 0 Å². The van der Waals surface area contributed by atoms with Crippen LogP contribution in [0.2, 0.25) is 0 Å². The van der Waals surface area contributed by atoms with E-state index >= 15 is 0 Å². The lowest BCUT2D eigenvalue weighted by molar-refractivity contribution is -0.123. The molecule has 1 N–H and O–H groups in total. The van der Waals surface area contributed by atoms with Crippen molar-refractivity contribution in [2.75, 3.05) is 4.90 Å². The van der Waals surface area contributed by atoms with Crippen LogP contribution in [-0.4, -0.2) is 23.3 Å². The van der Waals surface area contributed by atoms with Crippen LogP contribution in [0, 0.1) is 23.7 Å². The molecular weight excluding hydrogens is 316 g/mol. The zero-order valence-corrected chi connectivity index (χ0v) is 14.7. The molecule has 2 bridgehead atoms. The van der Waals surface area contributed by atoms with E-state index in [4.69, 9.17) is 0 Å². The number of anilines is 1. The third kappa shape index (κ3) is 2.49. The third-order valence-electron chi connectivity index (χ3n) is 5.35. The summed E-state index contributed by atoms with van der Waals surface area (Å²) in [6.07, 6.45) is 5.09. The molecule has 3 amide bonds. The van der Waals surface area contributed by atoms with Gasteiger partial charge in [0.05, 0.1) is 17.5 Å². The first-order valence-corrected chi connectivity index (χ1v) is 8.75. The maximum Gasteiger partial charge on any atom is 0.251 e. The van der Waals surface area contributed by atoms with Gasteiger partial charge in [-0.2, -0.15) is 0 Å². The molecule has 4 unspecified atom stereocenters. The van der Waals surface area contributed by atoms with Crippen LogP contribution in [0.1, 0.15) is 37.6 Å². The molecule has 1 aromatic rings. The summed E-state index contributed by atoms with van der Waals surface area (Å²) in [5.41, 5.74) is 0.746. The summed E-state index contributed by atoms with van der Waals surface area (Å²) in [4.78, 5) is 39.1. The number of benzene rings is 1. The Balaban J connectivity index is 1.56. The number of allylic oxidation sites excluding steroid dienone is 2. The Morgan fingerprint density at radius 2 is 1.52 bits per heavy atom. The Morgan fingerprint density at radius 1 is 1.00 bits per heavy atom. The lowest BCUT2D eigenvalue weighted by Gasteiger charge is -2.21. The molecule has 0 spiro atoms. The second-order valence-electron chi connectivity index (χ2n) is 8.26. The number of carbonyl (C=O) groups excluding carboxylic acids is 3. The molecule has 4 atom stereocenters. The second kappa shape index (κ2) is 5.28. The van der Waals surface area contributed by atoms with Gasteiger partial charge in [-0.15, -0.1) is 0 Å². The molecule has 1 saturated carbocycles. The van der Waals surface area contributed by atoms with Gasteiger partial charge in [0, 0.05) is 11.1 Å². The smallest absolute Gasteiger partial charge is 0.251 e. The molecule has 1 heterocycles. The molecule has 2 fully saturated rings. The number of hydrogen-bond donors (Lipinski definition) is 1. The molecule has 1 aromatic carbocycles. The van der Waals surface area contributed by atoms with Gasteiger partial charge < -0.3 is 5.32 Å². The minimum atomic E-state index is -0.319. The highest BCUT2D eigenvalue weighted by atomic mass is 16.2. The number of hydrogen-bond acceptors (Lipinski definition) is 3. The first-order valence-electron chi connectivity index (χ1n) is 8.75. The predicted molar refractivity (Wildman–Crippen MR) is 93.9 cm³/mol. The summed E-state index contributed by atoms with van der Waals surface area (Å²) in [5.74, 6) is -0.367. The maximum absolute atomic E-state index is 12.8. The van der Waals surface area contributed by atoms with Crippen molar-refractivity contribution in [2.45, 2.75) is 32.7 Å². The van der Waals surface area contributed by atoms with Crippen molar-refractivity contribution in [3.63, 3.8) is 0 Å². The van der Waals surface area contributed by atoms with E-state index in [1.807, 2.05) is 20.8 Å². The molecule has 1 saturated heterocycles. The van der Waals surface area contributed by atoms with Crippen LogP contribution in [0.3, 0.4) is 0 Å². The molecule has 5 nitrogen and oxygen atoms in total. The van der Waals surface area contributed by atoms with Gasteiger partial charge in [0.15, 0.2) is 0 Å². The molecule has 130 valence electrons. The van der Waals surface area contributed by atoms with Gasteiger partial charge in [-0.3, -0.25) is 19.3 Å². The average molecular weight is 338 g/mol. The fourth-order valence-corrected chi connectivity index (χ4v) is 4.33. The van der Waals surface area contributed by atoms with Crippen LogP contribution in [-0.2, 0) is 9.59 Å². The van der Waals surface area contributed by atoms with Crippen molar-refractivity contribution in [2.24, 2.45) is 23.7 Å². The van der Waals surface area contributed by atoms with Gasteiger partial charge >= 0.3 is 0 Å². The minimum absolute atomic E-state index is 0.0984. The number of imide groups is 1. The lowest BCUT2D eigenvalue weighted by atomic mass is 9.85. The van der Waals surface area contributed by atoms with Gasteiger partial charge in [-0.1, -0.05) is 12.2 Å². The van der Waals surface area contributed by atoms with Crippen molar-refractivity contribution in [1.82, 2.24) is 5.32 Å². The highest BCUT2D eigenvalue weighted by molar-refractivity contribution is 6.22. The van der Waals surface area contributed by atoms with Gasteiger partial charge in [-0.05, 0) is 63.3 Å². The maximum atomic E-state index is 12.8. The number of nitrogens with one attached hydrogen (secondary N) is 1. The van der Waals surface area contributed by atoms with E-state index in [9.17, 15) is 14.4 Å². The zero-order valence-electron chi connectivity index (χ0n) is 14.7. The monoisotopic (exact) mass is 338 g/mol. The Hall–Kier alpha value is -2.43. The number of nitrogens with zero attached hydrogens (tertiary/aromatic N) is 1. The summed E-state index contributed by atoms with van der Waals surface area (Å²) in [6, 6.07) is 6.70. The van der Waals surface area contributed by atoms with E-state index in [0.717, 1.165) is 6.42 Å². The number of amides is 3. The Kier molecular flexibility index (Phi) is 3.39. The van der Waals surface area contributed by atoms with Crippen LogP contribution in [0.25, 0.3) is 0 Å². The quantitative estimate of drug-likeness (QED) is 0.666. The fraction of sp³-hybridized carbons (Fsp3) is 0.450. The molecule has 5 heteroatoms. The van der Waals surface area contributed by atoms with Crippen LogP contribution in [0.5, 0.6) is 0 Å². The van der Waals surface area contributed by atoms with Crippen LogP contribution in [0.15, 0.2) is 36.4 Å².